The second kappa shape index (κ2) is 4.79. The number of carbonyl (C=O) groups is 1. The second-order valence-corrected chi connectivity index (χ2v) is 4.88. The Hall–Kier alpha value is -0.560. The average Bonchev–Trinajstić information content (AvgIpc) is 2.02. The van der Waals surface area contributed by atoms with Gasteiger partial charge in [0.1, 0.15) is 5.34 Å². The van der Waals surface area contributed by atoms with E-state index in [9.17, 15) is 4.79 Å². The highest BCUT2D eigenvalue weighted by Gasteiger charge is 2.30. The Bertz CT molecular complexity index is 238. The van der Waals surface area contributed by atoms with Crippen molar-refractivity contribution >= 4 is 15.2 Å². The molecule has 0 spiro atoms. The third-order valence-corrected chi connectivity index (χ3v) is 3.03. The van der Waals surface area contributed by atoms with Gasteiger partial charge in [0, 0.05) is 0 Å². The molecule has 0 aromatic rings. The van der Waals surface area contributed by atoms with E-state index in [0.717, 1.165) is 31.8 Å². The standard InChI is InChI=1S/C10H17O3P/c1-8(11)7-9(12)13-10(14)5-3-2-4-6-10/h7,11H,2-6,14H2,1H3/b8-7-. The fourth-order valence-electron chi connectivity index (χ4n) is 1.65. The first-order valence-corrected chi connectivity index (χ1v) is 5.49. The number of hydrogen-bond acceptors (Lipinski definition) is 3. The Morgan fingerprint density at radius 3 is 2.50 bits per heavy atom. The van der Waals surface area contributed by atoms with E-state index < -0.39 is 11.3 Å². The van der Waals surface area contributed by atoms with Gasteiger partial charge in [-0.2, -0.15) is 0 Å². The summed E-state index contributed by atoms with van der Waals surface area (Å²) in [7, 11) is 2.62. The number of ether oxygens (including phenoxy) is 1. The summed E-state index contributed by atoms with van der Waals surface area (Å²) in [5.41, 5.74) is 0. The van der Waals surface area contributed by atoms with Crippen LogP contribution in [0.15, 0.2) is 11.8 Å². The van der Waals surface area contributed by atoms with E-state index in [0.29, 0.717) is 0 Å². The molecular formula is C10H17O3P. The predicted molar refractivity (Wildman–Crippen MR) is 58.0 cm³/mol. The number of carbonyl (C=O) groups excluding carboxylic acids is 1. The lowest BCUT2D eigenvalue weighted by Crippen LogP contribution is -2.30. The first kappa shape index (κ1) is 11.5. The van der Waals surface area contributed by atoms with E-state index in [-0.39, 0.29) is 5.76 Å². The zero-order chi connectivity index (χ0) is 10.6. The van der Waals surface area contributed by atoms with Crippen molar-refractivity contribution in [1.29, 1.82) is 0 Å². The van der Waals surface area contributed by atoms with Gasteiger partial charge in [0.15, 0.2) is 0 Å². The van der Waals surface area contributed by atoms with Crippen LogP contribution in [0, 0.1) is 0 Å². The third kappa shape index (κ3) is 3.67. The molecule has 1 aliphatic carbocycles. The first-order valence-electron chi connectivity index (χ1n) is 4.91. The molecule has 1 atom stereocenters. The van der Waals surface area contributed by atoms with Gasteiger partial charge in [0.2, 0.25) is 0 Å². The Morgan fingerprint density at radius 2 is 2.00 bits per heavy atom. The van der Waals surface area contributed by atoms with Crippen molar-refractivity contribution in [2.45, 2.75) is 44.4 Å². The zero-order valence-corrected chi connectivity index (χ0v) is 9.61. The molecule has 80 valence electrons. The molecule has 0 aromatic heterocycles. The Balaban J connectivity index is 2.49. The van der Waals surface area contributed by atoms with Gasteiger partial charge >= 0.3 is 5.97 Å². The monoisotopic (exact) mass is 216 g/mol. The summed E-state index contributed by atoms with van der Waals surface area (Å²) < 4.78 is 5.28. The number of rotatable bonds is 2. The summed E-state index contributed by atoms with van der Waals surface area (Å²) in [4.78, 5) is 11.3. The van der Waals surface area contributed by atoms with Crippen molar-refractivity contribution in [1.82, 2.24) is 0 Å². The van der Waals surface area contributed by atoms with Crippen molar-refractivity contribution in [3.8, 4) is 0 Å². The predicted octanol–water partition coefficient (Wildman–Crippen LogP) is 2.53. The average molecular weight is 216 g/mol. The van der Waals surface area contributed by atoms with Gasteiger partial charge < -0.3 is 9.84 Å². The molecule has 0 saturated heterocycles. The van der Waals surface area contributed by atoms with Crippen LogP contribution in [-0.4, -0.2) is 16.4 Å². The van der Waals surface area contributed by atoms with Crippen LogP contribution < -0.4 is 0 Å². The van der Waals surface area contributed by atoms with Crippen LogP contribution in [0.2, 0.25) is 0 Å². The number of allylic oxidation sites excluding steroid dienone is 1. The van der Waals surface area contributed by atoms with E-state index in [1.807, 2.05) is 0 Å². The van der Waals surface area contributed by atoms with E-state index in [1.54, 1.807) is 0 Å². The smallest absolute Gasteiger partial charge is 0.335 e. The molecule has 0 aromatic carbocycles. The molecule has 1 saturated carbocycles. The zero-order valence-electron chi connectivity index (χ0n) is 8.45. The Labute approximate surface area is 86.7 Å². The van der Waals surface area contributed by atoms with Crippen LogP contribution in [0.4, 0.5) is 0 Å². The van der Waals surface area contributed by atoms with Gasteiger partial charge in [-0.05, 0) is 32.6 Å². The van der Waals surface area contributed by atoms with E-state index in [2.05, 4.69) is 9.24 Å². The highest BCUT2D eigenvalue weighted by molar-refractivity contribution is 7.18. The highest BCUT2D eigenvalue weighted by atomic mass is 31.0. The van der Waals surface area contributed by atoms with Crippen molar-refractivity contribution < 1.29 is 14.6 Å². The third-order valence-electron chi connectivity index (χ3n) is 2.33. The second-order valence-electron chi connectivity index (χ2n) is 3.83. The molecule has 1 N–H and O–H groups in total. The number of aliphatic hydroxyl groups excluding tert-OH is 1. The normalized spacial score (nSPS) is 21.7. The fraction of sp³-hybridized carbons (Fsp3) is 0.700. The Kier molecular flexibility index (Phi) is 3.94. The van der Waals surface area contributed by atoms with Crippen molar-refractivity contribution in [3.05, 3.63) is 11.8 Å². The van der Waals surface area contributed by atoms with Crippen LogP contribution in [-0.2, 0) is 9.53 Å². The minimum Gasteiger partial charge on any atom is -0.512 e. The van der Waals surface area contributed by atoms with Gasteiger partial charge in [0.25, 0.3) is 0 Å². The van der Waals surface area contributed by atoms with Gasteiger partial charge in [-0.1, -0.05) is 15.7 Å². The van der Waals surface area contributed by atoms with Crippen LogP contribution >= 0.6 is 9.24 Å². The van der Waals surface area contributed by atoms with E-state index >= 15 is 0 Å². The quantitative estimate of drug-likeness (QED) is 0.334. The van der Waals surface area contributed by atoms with Crippen molar-refractivity contribution in [3.63, 3.8) is 0 Å². The van der Waals surface area contributed by atoms with Crippen LogP contribution in [0.5, 0.6) is 0 Å². The number of esters is 1. The molecule has 1 rings (SSSR count). The van der Waals surface area contributed by atoms with Gasteiger partial charge in [-0.3, -0.25) is 0 Å². The van der Waals surface area contributed by atoms with E-state index in [4.69, 9.17) is 9.84 Å². The molecule has 0 heterocycles. The number of hydrogen-bond donors (Lipinski definition) is 1. The molecule has 0 bridgehead atoms. The molecule has 4 heteroatoms. The summed E-state index contributed by atoms with van der Waals surface area (Å²) in [5, 5.41) is 8.49. The molecule has 0 amide bonds. The summed E-state index contributed by atoms with van der Waals surface area (Å²) >= 11 is 0. The van der Waals surface area contributed by atoms with Gasteiger partial charge in [-0.25, -0.2) is 4.79 Å². The summed E-state index contributed by atoms with van der Waals surface area (Å²) in [6.07, 6.45) is 6.30. The molecule has 0 radical (unpaired) electrons. The molecule has 3 nitrogen and oxygen atoms in total. The van der Waals surface area contributed by atoms with E-state index in [1.165, 1.54) is 13.3 Å². The SMILES string of the molecule is C/C(O)=C/C(=O)OC1(P)CCCCC1. The van der Waals surface area contributed by atoms with Crippen molar-refractivity contribution in [2.24, 2.45) is 0 Å². The largest absolute Gasteiger partial charge is 0.512 e. The Morgan fingerprint density at radius 1 is 1.43 bits per heavy atom. The minimum atomic E-state index is -0.457. The van der Waals surface area contributed by atoms with Gasteiger partial charge in [-0.15, -0.1) is 0 Å². The molecule has 1 aliphatic rings. The summed E-state index contributed by atoms with van der Waals surface area (Å²) in [6.45, 7) is 1.46. The van der Waals surface area contributed by atoms with Crippen molar-refractivity contribution in [2.75, 3.05) is 0 Å². The lowest BCUT2D eigenvalue weighted by Gasteiger charge is -2.32. The van der Waals surface area contributed by atoms with Crippen LogP contribution in [0.25, 0.3) is 0 Å². The molecule has 1 unspecified atom stereocenters. The molecule has 0 aliphatic heterocycles. The summed E-state index contributed by atoms with van der Waals surface area (Å²) in [5.74, 6) is -0.471. The summed E-state index contributed by atoms with van der Waals surface area (Å²) in [6, 6.07) is 0. The maximum atomic E-state index is 11.3. The maximum absolute atomic E-state index is 11.3. The van der Waals surface area contributed by atoms with Crippen LogP contribution in [0.3, 0.4) is 0 Å². The number of aliphatic hydroxyl groups is 1. The molecule has 14 heavy (non-hydrogen) atoms. The minimum absolute atomic E-state index is 0.0144. The van der Waals surface area contributed by atoms with Crippen LogP contribution in [0.1, 0.15) is 39.0 Å². The topological polar surface area (TPSA) is 46.5 Å². The fourth-order valence-corrected chi connectivity index (χ4v) is 2.18. The lowest BCUT2D eigenvalue weighted by atomic mass is 9.97. The van der Waals surface area contributed by atoms with Gasteiger partial charge in [0.05, 0.1) is 11.8 Å². The lowest BCUT2D eigenvalue weighted by molar-refractivity contribution is -0.147. The highest BCUT2D eigenvalue weighted by Crippen LogP contribution is 2.37. The molecule has 1 fully saturated rings. The molecular weight excluding hydrogens is 199 g/mol. The maximum Gasteiger partial charge on any atom is 0.335 e. The first-order chi connectivity index (χ1) is 6.52.